The van der Waals surface area contributed by atoms with Crippen LogP contribution in [0.1, 0.15) is 44.1 Å². The predicted molar refractivity (Wildman–Crippen MR) is 128 cm³/mol. The number of carbonyl (C=O) groups is 2. The van der Waals surface area contributed by atoms with Crippen LogP contribution in [0.2, 0.25) is 0 Å². The van der Waals surface area contributed by atoms with Gasteiger partial charge >= 0.3 is 18.0 Å². The Hall–Kier alpha value is -3.26. The molecule has 0 radical (unpaired) electrons. The van der Waals surface area contributed by atoms with Gasteiger partial charge in [-0.2, -0.15) is 8.78 Å². The number of carbonyl (C=O) groups excluding carboxylic acids is 1. The topological polar surface area (TPSA) is 87.1 Å². The molecule has 1 saturated heterocycles. The minimum Gasteiger partial charge on any atom is -0.481 e. The molecular weight excluding hydrogens is 456 g/mol. The number of halogens is 2. The number of carboxylic acid groups (broad SMARTS) is 1. The highest BCUT2D eigenvalue weighted by Crippen LogP contribution is 2.35. The summed E-state index contributed by atoms with van der Waals surface area (Å²) in [6.45, 7) is 0.543. The molecule has 3 rings (SSSR count). The number of amides is 1. The first kappa shape index (κ1) is 26.3. The number of carboxylic acids is 1. The smallest absolute Gasteiger partial charge is 0.410 e. The van der Waals surface area contributed by atoms with Gasteiger partial charge in [-0.15, -0.1) is 0 Å². The van der Waals surface area contributed by atoms with Crippen LogP contribution in [-0.4, -0.2) is 52.5 Å². The van der Waals surface area contributed by atoms with E-state index in [1.54, 1.807) is 6.07 Å². The van der Waals surface area contributed by atoms with Crippen molar-refractivity contribution < 1.29 is 33.3 Å². The lowest BCUT2D eigenvalue weighted by molar-refractivity contribution is -0.137. The molecule has 1 amide bonds. The maximum atomic E-state index is 15.1. The third-order valence-electron chi connectivity index (χ3n) is 6.06. The fraction of sp³-hybridized carbons (Fsp3) is 0.407. The fourth-order valence-electron chi connectivity index (χ4n) is 4.07. The monoisotopic (exact) mass is 487 g/mol. The number of hydrogen-bond acceptors (Lipinski definition) is 4. The Morgan fingerprint density at radius 1 is 1.09 bits per heavy atom. The summed E-state index contributed by atoms with van der Waals surface area (Å²) in [7, 11) is 0. The molecule has 35 heavy (non-hydrogen) atoms. The zero-order valence-electron chi connectivity index (χ0n) is 19.5. The Balaban J connectivity index is 1.63. The van der Waals surface area contributed by atoms with Crippen molar-refractivity contribution in [3.63, 3.8) is 0 Å². The largest absolute Gasteiger partial charge is 0.481 e. The Morgan fingerprint density at radius 2 is 1.80 bits per heavy atom. The second-order valence-electron chi connectivity index (χ2n) is 8.62. The maximum absolute atomic E-state index is 15.1. The number of unbranched alkanes of at least 4 members (excludes halogenated alkanes) is 3. The molecular formula is C27H31F2NO5. The molecule has 0 bridgehead atoms. The Labute approximate surface area is 203 Å². The van der Waals surface area contributed by atoms with Crippen LogP contribution in [0.3, 0.4) is 0 Å². The summed E-state index contributed by atoms with van der Waals surface area (Å²) in [6.07, 6.45) is 3.13. The van der Waals surface area contributed by atoms with Gasteiger partial charge in [0.2, 0.25) is 0 Å². The summed E-state index contributed by atoms with van der Waals surface area (Å²) < 4.78 is 35.3. The van der Waals surface area contributed by atoms with E-state index < -0.39 is 30.1 Å². The molecule has 1 aliphatic heterocycles. The summed E-state index contributed by atoms with van der Waals surface area (Å²) >= 11 is 0. The first-order valence-electron chi connectivity index (χ1n) is 11.8. The van der Waals surface area contributed by atoms with Gasteiger partial charge in [0.15, 0.2) is 0 Å². The number of ether oxygens (including phenoxy) is 1. The summed E-state index contributed by atoms with van der Waals surface area (Å²) in [5, 5.41) is 19.1. The molecule has 2 N–H and O–H groups in total. The molecule has 0 spiro atoms. The minimum atomic E-state index is -3.52. The molecule has 1 heterocycles. The first-order chi connectivity index (χ1) is 16.8. The van der Waals surface area contributed by atoms with E-state index >= 15 is 8.78 Å². The van der Waals surface area contributed by atoms with E-state index in [-0.39, 0.29) is 18.6 Å². The lowest BCUT2D eigenvalue weighted by Gasteiger charge is -2.33. The molecule has 2 aromatic carbocycles. The van der Waals surface area contributed by atoms with Crippen LogP contribution in [0.25, 0.3) is 11.1 Å². The van der Waals surface area contributed by atoms with Crippen LogP contribution in [0.4, 0.5) is 13.6 Å². The van der Waals surface area contributed by atoms with Gasteiger partial charge in [0.25, 0.3) is 0 Å². The summed E-state index contributed by atoms with van der Waals surface area (Å²) in [5.41, 5.74) is 1.13. The predicted octanol–water partition coefficient (Wildman–Crippen LogP) is 5.61. The number of cyclic esters (lactones) is 1. The molecule has 0 saturated carbocycles. The Bertz CT molecular complexity index is 1010. The van der Waals surface area contributed by atoms with Gasteiger partial charge in [-0.25, -0.2) is 4.79 Å². The van der Waals surface area contributed by atoms with Crippen molar-refractivity contribution in [2.75, 3.05) is 13.2 Å². The van der Waals surface area contributed by atoms with Gasteiger partial charge in [0.1, 0.15) is 6.10 Å². The highest BCUT2D eigenvalue weighted by Gasteiger charge is 2.39. The first-order valence-corrected chi connectivity index (χ1v) is 11.8. The van der Waals surface area contributed by atoms with E-state index in [0.29, 0.717) is 31.4 Å². The number of hydrogen-bond donors (Lipinski definition) is 2. The highest BCUT2D eigenvalue weighted by atomic mass is 19.3. The van der Waals surface area contributed by atoms with Crippen molar-refractivity contribution >= 4 is 12.1 Å². The number of aliphatic hydroxyl groups excluding tert-OH is 1. The zero-order chi connectivity index (χ0) is 25.3. The Kier molecular flexibility index (Phi) is 9.37. The van der Waals surface area contributed by atoms with Crippen LogP contribution >= 0.6 is 0 Å². The van der Waals surface area contributed by atoms with Gasteiger partial charge in [-0.1, -0.05) is 73.5 Å². The number of aliphatic hydroxyl groups is 1. The fourth-order valence-corrected chi connectivity index (χ4v) is 4.07. The minimum absolute atomic E-state index is 0.109. The van der Waals surface area contributed by atoms with Crippen LogP contribution in [-0.2, 0) is 15.5 Å². The van der Waals surface area contributed by atoms with Gasteiger partial charge < -0.3 is 19.8 Å². The number of aliphatic carboxylic acids is 1. The van der Waals surface area contributed by atoms with Crippen LogP contribution < -0.4 is 0 Å². The van der Waals surface area contributed by atoms with Crippen molar-refractivity contribution in [1.29, 1.82) is 0 Å². The highest BCUT2D eigenvalue weighted by molar-refractivity contribution is 5.69. The third-order valence-corrected chi connectivity index (χ3v) is 6.06. The molecule has 2 atom stereocenters. The summed E-state index contributed by atoms with van der Waals surface area (Å²) in [5.74, 6) is -4.36. The van der Waals surface area contributed by atoms with Gasteiger partial charge in [-0.05, 0) is 30.0 Å². The second kappa shape index (κ2) is 12.4. The van der Waals surface area contributed by atoms with Crippen LogP contribution in [0, 0.1) is 0 Å². The molecule has 0 aromatic heterocycles. The average Bonchev–Trinajstić information content (AvgIpc) is 2.86. The van der Waals surface area contributed by atoms with Gasteiger partial charge in [0.05, 0.1) is 12.6 Å². The quantitative estimate of drug-likeness (QED) is 0.300. The van der Waals surface area contributed by atoms with E-state index in [0.717, 1.165) is 24.5 Å². The lowest BCUT2D eigenvalue weighted by Crippen LogP contribution is -2.45. The normalized spacial score (nSPS) is 17.4. The number of rotatable bonds is 12. The SMILES string of the molecule is O=C(O)CCCCCCN1C(=O)OCCC1C=CC(O)C(F)(F)c1cccc(-c2ccccc2)c1. The summed E-state index contributed by atoms with van der Waals surface area (Å²) in [4.78, 5) is 24.3. The molecule has 0 aliphatic carbocycles. The standard InChI is InChI=1S/C27H31F2NO5/c28-27(29,22-12-8-11-21(19-22)20-9-4-3-5-10-20)24(31)15-14-23-16-18-35-26(34)30(23)17-7-2-1-6-13-25(32)33/h3-5,8-12,14-15,19,23-24,31H,1-2,6-7,13,16-18H2,(H,32,33). The van der Waals surface area contributed by atoms with E-state index in [4.69, 9.17) is 9.84 Å². The number of nitrogens with zero attached hydrogens (tertiary/aromatic N) is 1. The van der Waals surface area contributed by atoms with Gasteiger partial charge in [0, 0.05) is 24.9 Å². The van der Waals surface area contributed by atoms with Crippen LogP contribution in [0.5, 0.6) is 0 Å². The number of alkyl halides is 2. The molecule has 2 unspecified atom stereocenters. The molecule has 6 nitrogen and oxygen atoms in total. The van der Waals surface area contributed by atoms with E-state index in [1.807, 2.05) is 30.3 Å². The van der Waals surface area contributed by atoms with E-state index in [1.165, 1.54) is 29.2 Å². The molecule has 1 aliphatic rings. The molecule has 1 fully saturated rings. The molecule has 8 heteroatoms. The van der Waals surface area contributed by atoms with Crippen molar-refractivity contribution in [2.24, 2.45) is 0 Å². The Morgan fingerprint density at radius 3 is 2.54 bits per heavy atom. The van der Waals surface area contributed by atoms with Crippen molar-refractivity contribution in [2.45, 2.75) is 56.6 Å². The second-order valence-corrected chi connectivity index (χ2v) is 8.62. The van der Waals surface area contributed by atoms with Crippen molar-refractivity contribution in [1.82, 2.24) is 4.90 Å². The average molecular weight is 488 g/mol. The maximum Gasteiger partial charge on any atom is 0.410 e. The van der Waals surface area contributed by atoms with Crippen molar-refractivity contribution in [3.05, 3.63) is 72.3 Å². The van der Waals surface area contributed by atoms with E-state index in [9.17, 15) is 14.7 Å². The van der Waals surface area contributed by atoms with Crippen LogP contribution in [0.15, 0.2) is 66.7 Å². The molecule has 2 aromatic rings. The lowest BCUT2D eigenvalue weighted by atomic mass is 9.97. The summed E-state index contributed by atoms with van der Waals surface area (Å²) in [6, 6.07) is 14.6. The zero-order valence-corrected chi connectivity index (χ0v) is 19.5. The van der Waals surface area contributed by atoms with Gasteiger partial charge in [-0.3, -0.25) is 4.79 Å². The van der Waals surface area contributed by atoms with E-state index in [2.05, 4.69) is 0 Å². The molecule has 188 valence electrons. The third kappa shape index (κ3) is 7.36. The van der Waals surface area contributed by atoms with Crippen molar-refractivity contribution in [3.8, 4) is 11.1 Å². The number of benzene rings is 2.